The summed E-state index contributed by atoms with van der Waals surface area (Å²) in [6, 6.07) is 12.4. The summed E-state index contributed by atoms with van der Waals surface area (Å²) in [6.45, 7) is 2.02. The summed E-state index contributed by atoms with van der Waals surface area (Å²) in [4.78, 5) is 11.5. The van der Waals surface area contributed by atoms with Crippen LogP contribution in [0.1, 0.15) is 29.5 Å². The van der Waals surface area contributed by atoms with Crippen LogP contribution in [0.5, 0.6) is 0 Å². The van der Waals surface area contributed by atoms with Crippen molar-refractivity contribution in [2.24, 2.45) is 10.2 Å². The van der Waals surface area contributed by atoms with Gasteiger partial charge in [-0.05, 0) is 73.6 Å². The van der Waals surface area contributed by atoms with Crippen molar-refractivity contribution >= 4 is 28.7 Å². The molecule has 3 aromatic rings. The Bertz CT molecular complexity index is 1020. The lowest BCUT2D eigenvalue weighted by Gasteiger charge is -2.28. The zero-order valence-electron chi connectivity index (χ0n) is 14.7. The van der Waals surface area contributed by atoms with Crippen LogP contribution in [-0.2, 0) is 12.8 Å². The third kappa shape index (κ3) is 2.39. The predicted molar refractivity (Wildman–Crippen MR) is 102 cm³/mol. The van der Waals surface area contributed by atoms with Crippen molar-refractivity contribution in [1.29, 1.82) is 0 Å². The molecule has 5 heteroatoms. The van der Waals surface area contributed by atoms with Gasteiger partial charge in [0.25, 0.3) is 0 Å². The Labute approximate surface area is 152 Å². The molecule has 26 heavy (non-hydrogen) atoms. The third-order valence-corrected chi connectivity index (χ3v) is 5.05. The summed E-state index contributed by atoms with van der Waals surface area (Å²) in [7, 11) is 0. The zero-order valence-corrected chi connectivity index (χ0v) is 14.7. The van der Waals surface area contributed by atoms with E-state index in [1.165, 1.54) is 24.0 Å². The van der Waals surface area contributed by atoms with E-state index in [0.717, 1.165) is 47.1 Å². The van der Waals surface area contributed by atoms with Gasteiger partial charge in [-0.3, -0.25) is 4.90 Å². The molecule has 5 nitrogen and oxygen atoms in total. The molecule has 3 heterocycles. The van der Waals surface area contributed by atoms with Gasteiger partial charge < -0.3 is 0 Å². The van der Waals surface area contributed by atoms with E-state index >= 15 is 0 Å². The van der Waals surface area contributed by atoms with Crippen LogP contribution < -0.4 is 4.90 Å². The molecular weight excluding hydrogens is 322 g/mol. The van der Waals surface area contributed by atoms with E-state index in [4.69, 9.17) is 4.98 Å². The lowest BCUT2D eigenvalue weighted by Crippen LogP contribution is -2.17. The lowest BCUT2D eigenvalue weighted by molar-refractivity contribution is 0.685. The van der Waals surface area contributed by atoms with Crippen molar-refractivity contribution < 1.29 is 0 Å². The molecule has 0 unspecified atom stereocenters. The normalized spacial score (nSPS) is 15.0. The number of aryl methyl sites for hydroxylation is 2. The molecule has 5 rings (SSSR count). The fourth-order valence-electron chi connectivity index (χ4n) is 3.84. The SMILES string of the molecule is Cc1cnc2c(c1)N=Nc1cccnc1N2c1cccc2c1CCCC2. The number of benzene rings is 1. The number of rotatable bonds is 1. The summed E-state index contributed by atoms with van der Waals surface area (Å²) < 4.78 is 0. The van der Waals surface area contributed by atoms with E-state index in [1.807, 2.05) is 31.3 Å². The molecule has 0 fully saturated rings. The molecule has 2 aromatic heterocycles. The highest BCUT2D eigenvalue weighted by Crippen LogP contribution is 2.47. The quantitative estimate of drug-likeness (QED) is 0.435. The van der Waals surface area contributed by atoms with Crippen LogP contribution in [-0.4, -0.2) is 9.97 Å². The van der Waals surface area contributed by atoms with Crippen molar-refractivity contribution in [1.82, 2.24) is 9.97 Å². The Balaban J connectivity index is 1.80. The van der Waals surface area contributed by atoms with E-state index < -0.39 is 0 Å². The zero-order chi connectivity index (χ0) is 17.5. The number of aromatic nitrogens is 2. The van der Waals surface area contributed by atoms with Gasteiger partial charge in [0.1, 0.15) is 11.4 Å². The summed E-state index contributed by atoms with van der Waals surface area (Å²) in [5.74, 6) is 1.57. The van der Waals surface area contributed by atoms with E-state index in [9.17, 15) is 0 Å². The number of hydrogen-bond donors (Lipinski definition) is 0. The van der Waals surface area contributed by atoms with Gasteiger partial charge in [0.05, 0.1) is 5.69 Å². The summed E-state index contributed by atoms with van der Waals surface area (Å²) in [5.41, 5.74) is 6.57. The van der Waals surface area contributed by atoms with Gasteiger partial charge in [-0.15, -0.1) is 10.2 Å². The molecule has 0 bridgehead atoms. The monoisotopic (exact) mass is 341 g/mol. The molecule has 1 aromatic carbocycles. The second-order valence-corrected chi connectivity index (χ2v) is 6.86. The van der Waals surface area contributed by atoms with Gasteiger partial charge >= 0.3 is 0 Å². The molecule has 128 valence electrons. The number of anilines is 3. The highest BCUT2D eigenvalue weighted by molar-refractivity contribution is 5.86. The van der Waals surface area contributed by atoms with Gasteiger partial charge in [-0.1, -0.05) is 12.1 Å². The molecule has 0 amide bonds. The number of nitrogens with zero attached hydrogens (tertiary/aromatic N) is 5. The molecule has 0 spiro atoms. The summed E-state index contributed by atoms with van der Waals surface area (Å²) in [6.07, 6.45) is 8.37. The maximum absolute atomic E-state index is 4.72. The topological polar surface area (TPSA) is 53.7 Å². The first kappa shape index (κ1) is 15.2. The second-order valence-electron chi connectivity index (χ2n) is 6.86. The molecule has 1 aliphatic carbocycles. The van der Waals surface area contributed by atoms with Crippen molar-refractivity contribution in [3.8, 4) is 0 Å². The Morgan fingerprint density at radius 3 is 2.69 bits per heavy atom. The van der Waals surface area contributed by atoms with Gasteiger partial charge in [0, 0.05) is 12.4 Å². The van der Waals surface area contributed by atoms with Gasteiger partial charge in [0.15, 0.2) is 11.6 Å². The van der Waals surface area contributed by atoms with E-state index in [0.29, 0.717) is 0 Å². The largest absolute Gasteiger partial charge is 0.275 e. The molecule has 0 atom stereocenters. The van der Waals surface area contributed by atoms with E-state index in [-0.39, 0.29) is 0 Å². The van der Waals surface area contributed by atoms with Gasteiger partial charge in [-0.25, -0.2) is 9.97 Å². The predicted octanol–water partition coefficient (Wildman–Crippen LogP) is 5.86. The minimum atomic E-state index is 0.761. The number of fused-ring (bicyclic) bond motifs is 3. The molecule has 0 saturated carbocycles. The van der Waals surface area contributed by atoms with Crippen molar-refractivity contribution in [2.75, 3.05) is 4.90 Å². The van der Waals surface area contributed by atoms with Crippen molar-refractivity contribution in [3.63, 3.8) is 0 Å². The van der Waals surface area contributed by atoms with Crippen LogP contribution in [0.25, 0.3) is 0 Å². The molecule has 2 aliphatic rings. The minimum absolute atomic E-state index is 0.761. The summed E-state index contributed by atoms with van der Waals surface area (Å²) in [5, 5.41) is 8.90. The third-order valence-electron chi connectivity index (χ3n) is 5.05. The number of hydrogen-bond acceptors (Lipinski definition) is 5. The van der Waals surface area contributed by atoms with E-state index in [1.54, 1.807) is 6.20 Å². The number of azo groups is 1. The second kappa shape index (κ2) is 6.02. The Kier molecular flexibility index (Phi) is 3.52. The fourth-order valence-corrected chi connectivity index (χ4v) is 3.84. The Morgan fingerprint density at radius 2 is 1.73 bits per heavy atom. The maximum atomic E-state index is 4.72. The Hall–Kier alpha value is -3.08. The average Bonchev–Trinajstić information content (AvgIpc) is 2.84. The lowest BCUT2D eigenvalue weighted by atomic mass is 9.90. The first-order chi connectivity index (χ1) is 12.8. The van der Waals surface area contributed by atoms with Gasteiger partial charge in [0.2, 0.25) is 0 Å². The smallest absolute Gasteiger partial charge is 0.166 e. The first-order valence-corrected chi connectivity index (χ1v) is 9.05. The van der Waals surface area contributed by atoms with Crippen LogP contribution in [0.4, 0.5) is 28.7 Å². The Morgan fingerprint density at radius 1 is 0.885 bits per heavy atom. The summed E-state index contributed by atoms with van der Waals surface area (Å²) >= 11 is 0. The molecular formula is C21H19N5. The average molecular weight is 341 g/mol. The highest BCUT2D eigenvalue weighted by atomic mass is 15.3. The van der Waals surface area contributed by atoms with Crippen LogP contribution in [0.3, 0.4) is 0 Å². The standard InChI is InChI=1S/C21H19N5/c1-14-12-18-21(23-13-14)26(20-17(24-25-18)9-5-11-22-20)19-10-4-7-15-6-2-3-8-16(15)19/h4-5,7,9-13H,2-3,6,8H2,1H3. The number of pyridine rings is 2. The van der Waals surface area contributed by atoms with Crippen LogP contribution in [0, 0.1) is 6.92 Å². The van der Waals surface area contributed by atoms with Crippen LogP contribution >= 0.6 is 0 Å². The highest BCUT2D eigenvalue weighted by Gasteiger charge is 2.27. The van der Waals surface area contributed by atoms with Crippen molar-refractivity contribution in [2.45, 2.75) is 32.6 Å². The fraction of sp³-hybridized carbons (Fsp3) is 0.238. The van der Waals surface area contributed by atoms with Crippen LogP contribution in [0.15, 0.2) is 59.0 Å². The van der Waals surface area contributed by atoms with Crippen molar-refractivity contribution in [3.05, 3.63) is 65.5 Å². The minimum Gasteiger partial charge on any atom is -0.275 e. The molecule has 0 saturated heterocycles. The molecule has 0 radical (unpaired) electrons. The van der Waals surface area contributed by atoms with Crippen LogP contribution in [0.2, 0.25) is 0 Å². The first-order valence-electron chi connectivity index (χ1n) is 9.05. The van der Waals surface area contributed by atoms with E-state index in [2.05, 4.69) is 38.3 Å². The molecule has 1 aliphatic heterocycles. The molecule has 0 N–H and O–H groups in total. The maximum Gasteiger partial charge on any atom is 0.166 e. The van der Waals surface area contributed by atoms with Gasteiger partial charge in [-0.2, -0.15) is 0 Å².